The highest BCUT2D eigenvalue weighted by Crippen LogP contribution is 2.32. The van der Waals surface area contributed by atoms with E-state index in [9.17, 15) is 0 Å². The van der Waals surface area contributed by atoms with Crippen molar-refractivity contribution < 1.29 is 5.21 Å². The molecule has 0 fully saturated rings. The molecule has 0 bridgehead atoms. The quantitative estimate of drug-likeness (QED) is 0.387. The van der Waals surface area contributed by atoms with E-state index in [4.69, 9.17) is 10.9 Å². The van der Waals surface area contributed by atoms with Crippen LogP contribution in [0, 0.1) is 5.41 Å². The molecule has 0 saturated heterocycles. The second-order valence-electron chi connectivity index (χ2n) is 5.77. The van der Waals surface area contributed by atoms with E-state index in [1.807, 2.05) is 25.2 Å². The van der Waals surface area contributed by atoms with Crippen molar-refractivity contribution >= 4 is 27.5 Å². The predicted molar refractivity (Wildman–Crippen MR) is 84.0 cm³/mol. The molecule has 1 aromatic carbocycles. The van der Waals surface area contributed by atoms with Gasteiger partial charge < -0.3 is 15.8 Å². The van der Waals surface area contributed by atoms with Gasteiger partial charge in [-0.15, -0.1) is 0 Å². The first-order valence-electron chi connectivity index (χ1n) is 6.19. The lowest BCUT2D eigenvalue weighted by molar-refractivity contribution is 0.318. The molecule has 0 aliphatic heterocycles. The minimum absolute atomic E-state index is 0.107. The van der Waals surface area contributed by atoms with Crippen molar-refractivity contribution in [3.05, 3.63) is 28.2 Å². The molecule has 19 heavy (non-hydrogen) atoms. The lowest BCUT2D eigenvalue weighted by Gasteiger charge is -2.37. The molecule has 0 saturated carbocycles. The molecule has 1 aromatic rings. The lowest BCUT2D eigenvalue weighted by atomic mass is 9.86. The third-order valence-electron chi connectivity index (χ3n) is 3.57. The van der Waals surface area contributed by atoms with Gasteiger partial charge in [0.05, 0.1) is 5.56 Å². The number of rotatable bonds is 3. The highest BCUT2D eigenvalue weighted by molar-refractivity contribution is 9.10. The van der Waals surface area contributed by atoms with Crippen LogP contribution in [0.2, 0.25) is 0 Å². The van der Waals surface area contributed by atoms with Crippen LogP contribution in [0.15, 0.2) is 27.8 Å². The molecular weight excluding hydrogens is 306 g/mol. The summed E-state index contributed by atoms with van der Waals surface area (Å²) in [5, 5.41) is 12.1. The van der Waals surface area contributed by atoms with Crippen molar-refractivity contribution in [1.82, 2.24) is 0 Å². The average molecular weight is 328 g/mol. The average Bonchev–Trinajstić information content (AvgIpc) is 2.34. The van der Waals surface area contributed by atoms with Gasteiger partial charge in [0.1, 0.15) is 0 Å². The van der Waals surface area contributed by atoms with Crippen LogP contribution in [0.1, 0.15) is 33.3 Å². The van der Waals surface area contributed by atoms with Gasteiger partial charge in [-0.1, -0.05) is 32.0 Å². The summed E-state index contributed by atoms with van der Waals surface area (Å²) in [5.41, 5.74) is 7.56. The van der Waals surface area contributed by atoms with E-state index in [-0.39, 0.29) is 11.3 Å². The predicted octanol–water partition coefficient (Wildman–Crippen LogP) is 3.41. The summed E-state index contributed by atoms with van der Waals surface area (Å²) in [4.78, 5) is 2.15. The molecule has 1 atom stereocenters. The number of nitrogens with zero attached hydrogens (tertiary/aromatic N) is 2. The monoisotopic (exact) mass is 327 g/mol. The molecule has 3 N–H and O–H groups in total. The highest BCUT2D eigenvalue weighted by Gasteiger charge is 2.26. The number of halogens is 1. The van der Waals surface area contributed by atoms with Gasteiger partial charge in [0, 0.05) is 23.2 Å². The maximum atomic E-state index is 8.94. The van der Waals surface area contributed by atoms with Crippen LogP contribution in [-0.2, 0) is 0 Å². The third kappa shape index (κ3) is 3.41. The molecule has 0 aliphatic rings. The Morgan fingerprint density at radius 1 is 1.42 bits per heavy atom. The Bertz CT molecular complexity index is 480. The first-order valence-corrected chi connectivity index (χ1v) is 6.98. The van der Waals surface area contributed by atoms with Crippen LogP contribution in [0.25, 0.3) is 0 Å². The zero-order chi connectivity index (χ0) is 14.8. The number of hydrogen-bond acceptors (Lipinski definition) is 3. The van der Waals surface area contributed by atoms with Crippen LogP contribution in [0.4, 0.5) is 5.69 Å². The molecule has 4 nitrogen and oxygen atoms in total. The van der Waals surface area contributed by atoms with E-state index in [0.29, 0.717) is 11.6 Å². The molecule has 1 unspecified atom stereocenters. The maximum absolute atomic E-state index is 8.94. The lowest BCUT2D eigenvalue weighted by Crippen LogP contribution is -2.40. The summed E-state index contributed by atoms with van der Waals surface area (Å²) in [6.07, 6.45) is 0. The van der Waals surface area contributed by atoms with Gasteiger partial charge in [0.15, 0.2) is 5.84 Å². The highest BCUT2D eigenvalue weighted by atomic mass is 79.9. The summed E-state index contributed by atoms with van der Waals surface area (Å²) in [6, 6.07) is 6.10. The topological polar surface area (TPSA) is 61.8 Å². The number of anilines is 1. The Balaban J connectivity index is 3.32. The third-order valence-corrected chi connectivity index (χ3v) is 4.23. The molecule has 0 aromatic heterocycles. The summed E-state index contributed by atoms with van der Waals surface area (Å²) in [6.45, 7) is 8.73. The van der Waals surface area contributed by atoms with Crippen molar-refractivity contribution in [2.45, 2.75) is 33.7 Å². The van der Waals surface area contributed by atoms with Crippen molar-refractivity contribution in [1.29, 1.82) is 0 Å². The molecule has 0 aliphatic carbocycles. The smallest absolute Gasteiger partial charge is 0.173 e. The van der Waals surface area contributed by atoms with E-state index in [1.165, 1.54) is 0 Å². The summed E-state index contributed by atoms with van der Waals surface area (Å²) >= 11 is 3.46. The van der Waals surface area contributed by atoms with Crippen LogP contribution >= 0.6 is 15.9 Å². The molecule has 0 heterocycles. The zero-order valence-electron chi connectivity index (χ0n) is 12.1. The largest absolute Gasteiger partial charge is 0.409 e. The van der Waals surface area contributed by atoms with Gasteiger partial charge >= 0.3 is 0 Å². The number of amidine groups is 1. The fourth-order valence-electron chi connectivity index (χ4n) is 1.90. The molecule has 0 radical (unpaired) electrons. The van der Waals surface area contributed by atoms with Gasteiger partial charge in [0.2, 0.25) is 0 Å². The van der Waals surface area contributed by atoms with Crippen LogP contribution < -0.4 is 10.6 Å². The second-order valence-corrected chi connectivity index (χ2v) is 6.63. The molecule has 106 valence electrons. The normalized spacial score (nSPS) is 14.3. The van der Waals surface area contributed by atoms with Crippen molar-refractivity contribution in [2.75, 3.05) is 11.9 Å². The van der Waals surface area contributed by atoms with Crippen molar-refractivity contribution in [2.24, 2.45) is 16.3 Å². The molecule has 5 heteroatoms. The van der Waals surface area contributed by atoms with E-state index >= 15 is 0 Å². The number of hydrogen-bond donors (Lipinski definition) is 2. The molecule has 0 amide bonds. The number of oxime groups is 1. The minimum atomic E-state index is 0.107. The van der Waals surface area contributed by atoms with Crippen molar-refractivity contribution in [3.8, 4) is 0 Å². The van der Waals surface area contributed by atoms with E-state index in [0.717, 1.165) is 10.2 Å². The summed E-state index contributed by atoms with van der Waals surface area (Å²) < 4.78 is 0.813. The first-order chi connectivity index (χ1) is 8.70. The van der Waals surface area contributed by atoms with Gasteiger partial charge in [-0.2, -0.15) is 0 Å². The number of benzene rings is 1. The zero-order valence-corrected chi connectivity index (χ0v) is 13.7. The number of nitrogens with two attached hydrogens (primary N) is 1. The maximum Gasteiger partial charge on any atom is 0.173 e. The summed E-state index contributed by atoms with van der Waals surface area (Å²) in [5.74, 6) is 0.107. The second kappa shape index (κ2) is 5.82. The van der Waals surface area contributed by atoms with Crippen LogP contribution in [0.3, 0.4) is 0 Å². The Kier molecular flexibility index (Phi) is 4.85. The van der Waals surface area contributed by atoms with Crippen molar-refractivity contribution in [3.63, 3.8) is 0 Å². The van der Waals surface area contributed by atoms with Gasteiger partial charge in [-0.3, -0.25) is 0 Å². The van der Waals surface area contributed by atoms with E-state index in [2.05, 4.69) is 53.7 Å². The van der Waals surface area contributed by atoms with E-state index in [1.54, 1.807) is 0 Å². The van der Waals surface area contributed by atoms with Gasteiger partial charge in [0.25, 0.3) is 0 Å². The SMILES string of the molecule is CC(N(C)c1cccc(Br)c1/C(N)=N/O)C(C)(C)C. The summed E-state index contributed by atoms with van der Waals surface area (Å²) in [7, 11) is 2.02. The first kappa shape index (κ1) is 15.8. The Hall–Kier alpha value is -1.23. The van der Waals surface area contributed by atoms with Crippen LogP contribution in [-0.4, -0.2) is 24.1 Å². The fraction of sp³-hybridized carbons (Fsp3) is 0.500. The Morgan fingerprint density at radius 3 is 2.47 bits per heavy atom. The van der Waals surface area contributed by atoms with Gasteiger partial charge in [-0.05, 0) is 40.4 Å². The van der Waals surface area contributed by atoms with E-state index < -0.39 is 0 Å². The Labute approximate surface area is 123 Å². The van der Waals surface area contributed by atoms with Gasteiger partial charge in [-0.25, -0.2) is 0 Å². The molecule has 1 rings (SSSR count). The molecule has 0 spiro atoms. The Morgan fingerprint density at radius 2 is 2.00 bits per heavy atom. The molecular formula is C14H22BrN3O. The van der Waals surface area contributed by atoms with Crippen LogP contribution in [0.5, 0.6) is 0 Å². The fourth-order valence-corrected chi connectivity index (χ4v) is 2.46. The minimum Gasteiger partial charge on any atom is -0.409 e. The standard InChI is InChI=1S/C14H22BrN3O/c1-9(14(2,3)4)18(5)11-8-6-7-10(15)12(11)13(16)17-19/h6-9,19H,1-5H3,(H2,16,17).